The van der Waals surface area contributed by atoms with Crippen LogP contribution in [0.25, 0.3) is 0 Å². The Kier molecular flexibility index (Phi) is 4.60. The van der Waals surface area contributed by atoms with Crippen LogP contribution in [0.2, 0.25) is 0 Å². The fourth-order valence-electron chi connectivity index (χ4n) is 2.43. The van der Waals surface area contributed by atoms with Gasteiger partial charge in [0.25, 0.3) is 0 Å². The van der Waals surface area contributed by atoms with E-state index in [1.54, 1.807) is 19.9 Å². The van der Waals surface area contributed by atoms with Crippen molar-refractivity contribution in [1.29, 1.82) is 0 Å². The molecule has 21 heavy (non-hydrogen) atoms. The predicted molar refractivity (Wildman–Crippen MR) is 72.8 cm³/mol. The molecule has 3 atom stereocenters. The maximum Gasteiger partial charge on any atom is 0.416 e. The Labute approximate surface area is 122 Å². The van der Waals surface area contributed by atoms with E-state index in [2.05, 4.69) is 5.32 Å². The number of halogens is 3. The molecule has 1 aromatic rings. The van der Waals surface area contributed by atoms with Crippen molar-refractivity contribution in [3.63, 3.8) is 0 Å². The smallest absolute Gasteiger partial charge is 0.386 e. The SMILES string of the molecule is CC(NCC1(O)CCOC1C)c1cccc(C(F)(F)F)c1. The summed E-state index contributed by atoms with van der Waals surface area (Å²) in [5.74, 6) is 0. The van der Waals surface area contributed by atoms with E-state index in [1.165, 1.54) is 6.07 Å². The minimum atomic E-state index is -4.35. The number of ether oxygens (including phenoxy) is 1. The van der Waals surface area contributed by atoms with Crippen LogP contribution in [0, 0.1) is 0 Å². The maximum atomic E-state index is 12.7. The van der Waals surface area contributed by atoms with Gasteiger partial charge in [0.05, 0.1) is 11.7 Å². The van der Waals surface area contributed by atoms with E-state index in [-0.39, 0.29) is 18.7 Å². The van der Waals surface area contributed by atoms with Crippen molar-refractivity contribution in [2.24, 2.45) is 0 Å². The highest BCUT2D eigenvalue weighted by Gasteiger charge is 2.39. The zero-order valence-corrected chi connectivity index (χ0v) is 12.1. The molecule has 0 spiro atoms. The number of hydrogen-bond acceptors (Lipinski definition) is 3. The van der Waals surface area contributed by atoms with Gasteiger partial charge in [0.15, 0.2) is 0 Å². The minimum Gasteiger partial charge on any atom is -0.386 e. The van der Waals surface area contributed by atoms with Gasteiger partial charge in [0, 0.05) is 25.6 Å². The van der Waals surface area contributed by atoms with Crippen molar-refractivity contribution >= 4 is 0 Å². The Morgan fingerprint density at radius 3 is 2.76 bits per heavy atom. The lowest BCUT2D eigenvalue weighted by Gasteiger charge is -2.28. The Morgan fingerprint density at radius 1 is 1.48 bits per heavy atom. The summed E-state index contributed by atoms with van der Waals surface area (Å²) in [6, 6.07) is 4.94. The third kappa shape index (κ3) is 3.75. The van der Waals surface area contributed by atoms with Crippen molar-refractivity contribution in [3.05, 3.63) is 35.4 Å². The molecule has 0 aromatic heterocycles. The van der Waals surface area contributed by atoms with E-state index >= 15 is 0 Å². The van der Waals surface area contributed by atoms with E-state index < -0.39 is 17.3 Å². The van der Waals surface area contributed by atoms with E-state index in [0.717, 1.165) is 12.1 Å². The van der Waals surface area contributed by atoms with Gasteiger partial charge in [0.1, 0.15) is 5.60 Å². The molecule has 0 bridgehead atoms. The molecule has 1 aromatic carbocycles. The van der Waals surface area contributed by atoms with Crippen LogP contribution >= 0.6 is 0 Å². The van der Waals surface area contributed by atoms with Crippen LogP contribution in [-0.4, -0.2) is 30.0 Å². The molecule has 2 rings (SSSR count). The predicted octanol–water partition coefficient (Wildman–Crippen LogP) is 2.90. The molecule has 1 heterocycles. The summed E-state index contributed by atoms with van der Waals surface area (Å²) in [5.41, 5.74) is -1.08. The summed E-state index contributed by atoms with van der Waals surface area (Å²) in [7, 11) is 0. The molecule has 3 nitrogen and oxygen atoms in total. The van der Waals surface area contributed by atoms with Crippen molar-refractivity contribution in [1.82, 2.24) is 5.32 Å². The van der Waals surface area contributed by atoms with Gasteiger partial charge in [-0.25, -0.2) is 0 Å². The fraction of sp³-hybridized carbons (Fsp3) is 0.600. The van der Waals surface area contributed by atoms with Gasteiger partial charge in [0.2, 0.25) is 0 Å². The van der Waals surface area contributed by atoms with Crippen LogP contribution in [-0.2, 0) is 10.9 Å². The van der Waals surface area contributed by atoms with Crippen molar-refractivity contribution in [3.8, 4) is 0 Å². The Hall–Kier alpha value is -1.11. The van der Waals surface area contributed by atoms with Gasteiger partial charge >= 0.3 is 6.18 Å². The van der Waals surface area contributed by atoms with Gasteiger partial charge in [-0.3, -0.25) is 0 Å². The lowest BCUT2D eigenvalue weighted by molar-refractivity contribution is -0.137. The minimum absolute atomic E-state index is 0.279. The maximum absolute atomic E-state index is 12.7. The van der Waals surface area contributed by atoms with Crippen molar-refractivity contribution in [2.45, 2.75) is 44.2 Å². The lowest BCUT2D eigenvalue weighted by Crippen LogP contribution is -2.46. The summed E-state index contributed by atoms with van der Waals surface area (Å²) in [6.07, 6.45) is -4.10. The van der Waals surface area contributed by atoms with Crippen molar-refractivity contribution in [2.75, 3.05) is 13.2 Å². The molecule has 0 amide bonds. The first-order chi connectivity index (χ1) is 9.72. The van der Waals surface area contributed by atoms with E-state index in [0.29, 0.717) is 18.6 Å². The number of nitrogens with one attached hydrogen (secondary N) is 1. The highest BCUT2D eigenvalue weighted by atomic mass is 19.4. The molecule has 0 radical (unpaired) electrons. The molecule has 1 saturated heterocycles. The molecule has 0 saturated carbocycles. The average molecular weight is 303 g/mol. The number of hydrogen-bond donors (Lipinski definition) is 2. The summed E-state index contributed by atoms with van der Waals surface area (Å²) < 4.78 is 43.4. The van der Waals surface area contributed by atoms with Crippen LogP contribution in [0.3, 0.4) is 0 Å². The van der Waals surface area contributed by atoms with Crippen LogP contribution < -0.4 is 5.32 Å². The summed E-state index contributed by atoms with van der Waals surface area (Å²) in [6.45, 7) is 4.35. The largest absolute Gasteiger partial charge is 0.416 e. The molecule has 1 fully saturated rings. The zero-order chi connectivity index (χ0) is 15.7. The molecule has 6 heteroatoms. The first-order valence-corrected chi connectivity index (χ1v) is 6.97. The third-order valence-corrected chi connectivity index (χ3v) is 4.09. The second kappa shape index (κ2) is 5.94. The first kappa shape index (κ1) is 16.3. The summed E-state index contributed by atoms with van der Waals surface area (Å²) >= 11 is 0. The third-order valence-electron chi connectivity index (χ3n) is 4.09. The molecule has 1 aliphatic heterocycles. The van der Waals surface area contributed by atoms with Crippen molar-refractivity contribution < 1.29 is 23.0 Å². The first-order valence-electron chi connectivity index (χ1n) is 6.97. The van der Waals surface area contributed by atoms with Gasteiger partial charge in [-0.05, 0) is 31.5 Å². The summed E-state index contributed by atoms with van der Waals surface area (Å²) in [5, 5.41) is 13.5. The Balaban J connectivity index is 2.02. The van der Waals surface area contributed by atoms with Crippen LogP contribution in [0.15, 0.2) is 24.3 Å². The zero-order valence-electron chi connectivity index (χ0n) is 12.1. The monoisotopic (exact) mass is 303 g/mol. The Bertz CT molecular complexity index is 492. The topological polar surface area (TPSA) is 41.5 Å². The summed E-state index contributed by atoms with van der Waals surface area (Å²) in [4.78, 5) is 0. The molecule has 2 N–H and O–H groups in total. The van der Waals surface area contributed by atoms with Crippen LogP contribution in [0.1, 0.15) is 37.4 Å². The number of benzene rings is 1. The second-order valence-electron chi connectivity index (χ2n) is 5.59. The fourth-order valence-corrected chi connectivity index (χ4v) is 2.43. The number of aliphatic hydroxyl groups is 1. The number of alkyl halides is 3. The highest BCUT2D eigenvalue weighted by Crippen LogP contribution is 2.31. The molecular weight excluding hydrogens is 283 g/mol. The molecular formula is C15H20F3NO2. The van der Waals surface area contributed by atoms with E-state index in [4.69, 9.17) is 4.74 Å². The van der Waals surface area contributed by atoms with Gasteiger partial charge in [-0.1, -0.05) is 12.1 Å². The molecule has 1 aliphatic rings. The quantitative estimate of drug-likeness (QED) is 0.898. The molecule has 118 valence electrons. The molecule has 3 unspecified atom stereocenters. The van der Waals surface area contributed by atoms with Crippen LogP contribution in [0.4, 0.5) is 13.2 Å². The van der Waals surface area contributed by atoms with Gasteiger partial charge < -0.3 is 15.2 Å². The van der Waals surface area contributed by atoms with Gasteiger partial charge in [-0.15, -0.1) is 0 Å². The lowest BCUT2D eigenvalue weighted by atomic mass is 9.95. The highest BCUT2D eigenvalue weighted by molar-refractivity contribution is 5.27. The molecule has 0 aliphatic carbocycles. The normalized spacial score (nSPS) is 27.8. The van der Waals surface area contributed by atoms with Crippen LogP contribution in [0.5, 0.6) is 0 Å². The van der Waals surface area contributed by atoms with E-state index in [9.17, 15) is 18.3 Å². The average Bonchev–Trinajstić information content (AvgIpc) is 2.76. The Morgan fingerprint density at radius 2 is 2.19 bits per heavy atom. The standard InChI is InChI=1S/C15H20F3NO2/c1-10(19-9-14(20)6-7-21-11(14)2)12-4-3-5-13(8-12)15(16,17)18/h3-5,8,10-11,19-20H,6-7,9H2,1-2H3. The second-order valence-corrected chi connectivity index (χ2v) is 5.59. The van der Waals surface area contributed by atoms with E-state index in [1.807, 2.05) is 0 Å². The van der Waals surface area contributed by atoms with Gasteiger partial charge in [-0.2, -0.15) is 13.2 Å². The number of rotatable bonds is 4.